The predicted octanol–water partition coefficient (Wildman–Crippen LogP) is 3.79. The van der Waals surface area contributed by atoms with Crippen molar-refractivity contribution in [1.82, 2.24) is 0 Å². The molecule has 1 heterocycles. The van der Waals surface area contributed by atoms with E-state index in [2.05, 4.69) is 15.9 Å². The lowest BCUT2D eigenvalue weighted by Gasteiger charge is -2.21. The lowest BCUT2D eigenvalue weighted by molar-refractivity contribution is -0.0536. The molecule has 0 amide bonds. The van der Waals surface area contributed by atoms with E-state index in [1.165, 1.54) is 0 Å². The quantitative estimate of drug-likeness (QED) is 0.790. The zero-order valence-corrected chi connectivity index (χ0v) is 13.0. The summed E-state index contributed by atoms with van der Waals surface area (Å²) in [6, 6.07) is 17.0. The van der Waals surface area contributed by atoms with E-state index in [0.717, 1.165) is 10.0 Å². The molecule has 0 aliphatic carbocycles. The Morgan fingerprint density at radius 1 is 1.00 bits per heavy atom. The molecular weight excluding hydrogens is 332 g/mol. The van der Waals surface area contributed by atoms with Crippen molar-refractivity contribution in [3.8, 4) is 0 Å². The molecule has 0 aromatic heterocycles. The van der Waals surface area contributed by atoms with Gasteiger partial charge in [0.2, 0.25) is 0 Å². The van der Waals surface area contributed by atoms with Gasteiger partial charge in [-0.05, 0) is 17.7 Å². The number of benzene rings is 2. The van der Waals surface area contributed by atoms with Crippen LogP contribution in [0, 0.1) is 0 Å². The molecule has 2 aromatic carbocycles. The number of rotatable bonds is 4. The molecule has 1 saturated heterocycles. The molecular formula is C17H15BrO3. The van der Waals surface area contributed by atoms with Crippen LogP contribution in [0.5, 0.6) is 0 Å². The summed E-state index contributed by atoms with van der Waals surface area (Å²) >= 11 is 3.41. The van der Waals surface area contributed by atoms with Crippen LogP contribution in [0.25, 0.3) is 0 Å². The Kier molecular flexibility index (Phi) is 4.48. The van der Waals surface area contributed by atoms with Gasteiger partial charge in [0, 0.05) is 10.0 Å². The summed E-state index contributed by atoms with van der Waals surface area (Å²) in [4.78, 5) is 12.8. The van der Waals surface area contributed by atoms with Crippen molar-refractivity contribution < 1.29 is 14.3 Å². The van der Waals surface area contributed by atoms with Crippen LogP contribution in [0.4, 0.5) is 0 Å². The number of hydrogen-bond donors (Lipinski definition) is 0. The highest BCUT2D eigenvalue weighted by Crippen LogP contribution is 2.30. The number of halogens is 1. The Morgan fingerprint density at radius 2 is 1.62 bits per heavy atom. The second-order valence-electron chi connectivity index (χ2n) is 4.87. The fourth-order valence-corrected chi connectivity index (χ4v) is 2.72. The van der Waals surface area contributed by atoms with Crippen LogP contribution in [0.2, 0.25) is 0 Å². The van der Waals surface area contributed by atoms with Crippen LogP contribution in [0.15, 0.2) is 59.1 Å². The molecule has 1 fully saturated rings. The fraction of sp³-hybridized carbons (Fsp3) is 0.235. The molecule has 0 saturated carbocycles. The Hall–Kier alpha value is -1.49. The normalized spacial score (nSPS) is 16.8. The van der Waals surface area contributed by atoms with E-state index in [1.54, 1.807) is 0 Å². The van der Waals surface area contributed by atoms with Crippen LogP contribution in [-0.2, 0) is 9.47 Å². The highest BCUT2D eigenvalue weighted by Gasteiger charge is 2.34. The van der Waals surface area contributed by atoms with Crippen molar-refractivity contribution in [3.05, 3.63) is 70.2 Å². The molecule has 1 atom stereocenters. The number of carbonyl (C=O) groups is 1. The van der Waals surface area contributed by atoms with Gasteiger partial charge in [-0.2, -0.15) is 0 Å². The van der Waals surface area contributed by atoms with Gasteiger partial charge in [-0.15, -0.1) is 0 Å². The molecule has 21 heavy (non-hydrogen) atoms. The van der Waals surface area contributed by atoms with Crippen LogP contribution >= 0.6 is 15.9 Å². The zero-order valence-electron chi connectivity index (χ0n) is 11.4. The maximum absolute atomic E-state index is 12.8. The lowest BCUT2D eigenvalue weighted by Crippen LogP contribution is -2.27. The molecule has 108 valence electrons. The first-order valence-corrected chi connectivity index (χ1v) is 7.63. The van der Waals surface area contributed by atoms with Crippen molar-refractivity contribution in [1.29, 1.82) is 0 Å². The van der Waals surface area contributed by atoms with E-state index in [4.69, 9.17) is 9.47 Å². The van der Waals surface area contributed by atoms with E-state index in [-0.39, 0.29) is 5.78 Å². The summed E-state index contributed by atoms with van der Waals surface area (Å²) in [5, 5.41) is 0. The summed E-state index contributed by atoms with van der Waals surface area (Å²) in [7, 11) is 0. The first kappa shape index (κ1) is 14.4. The molecule has 4 heteroatoms. The van der Waals surface area contributed by atoms with Crippen molar-refractivity contribution in [2.45, 2.75) is 12.2 Å². The van der Waals surface area contributed by atoms with E-state index in [9.17, 15) is 4.79 Å². The van der Waals surface area contributed by atoms with Crippen LogP contribution in [-0.4, -0.2) is 25.3 Å². The third-order valence-electron chi connectivity index (χ3n) is 3.49. The largest absolute Gasteiger partial charge is 0.349 e. The van der Waals surface area contributed by atoms with Gasteiger partial charge in [-0.25, -0.2) is 0 Å². The minimum atomic E-state index is -0.515. The van der Waals surface area contributed by atoms with E-state index >= 15 is 0 Å². The van der Waals surface area contributed by atoms with Gasteiger partial charge in [0.1, 0.15) is 0 Å². The van der Waals surface area contributed by atoms with Crippen LogP contribution < -0.4 is 0 Å². The number of ketones is 1. The first-order valence-electron chi connectivity index (χ1n) is 6.83. The Labute approximate surface area is 132 Å². The number of ether oxygens (including phenoxy) is 2. The minimum absolute atomic E-state index is 0.0184. The van der Waals surface area contributed by atoms with Gasteiger partial charge in [-0.1, -0.05) is 58.4 Å². The maximum atomic E-state index is 12.8. The maximum Gasteiger partial charge on any atom is 0.175 e. The molecule has 0 radical (unpaired) electrons. The summed E-state index contributed by atoms with van der Waals surface area (Å²) in [5.74, 6) is -0.423. The summed E-state index contributed by atoms with van der Waals surface area (Å²) < 4.78 is 12.2. The minimum Gasteiger partial charge on any atom is -0.349 e. The molecule has 2 aromatic rings. The second-order valence-corrected chi connectivity index (χ2v) is 5.79. The van der Waals surface area contributed by atoms with E-state index in [1.807, 2.05) is 54.6 Å². The van der Waals surface area contributed by atoms with Crippen molar-refractivity contribution in [2.75, 3.05) is 13.2 Å². The van der Waals surface area contributed by atoms with Gasteiger partial charge in [-0.3, -0.25) is 4.79 Å². The molecule has 1 aliphatic heterocycles. The van der Waals surface area contributed by atoms with Crippen molar-refractivity contribution in [2.24, 2.45) is 0 Å². The average molecular weight is 347 g/mol. The number of hydrogen-bond acceptors (Lipinski definition) is 3. The Bertz CT molecular complexity index is 604. The number of carbonyl (C=O) groups excluding carboxylic acids is 1. The second kappa shape index (κ2) is 6.52. The van der Waals surface area contributed by atoms with Crippen molar-refractivity contribution >= 4 is 21.7 Å². The van der Waals surface area contributed by atoms with Gasteiger partial charge in [0.05, 0.1) is 19.1 Å². The van der Waals surface area contributed by atoms with Gasteiger partial charge in [0.25, 0.3) is 0 Å². The van der Waals surface area contributed by atoms with Crippen LogP contribution in [0.1, 0.15) is 21.8 Å². The lowest BCUT2D eigenvalue weighted by atomic mass is 9.90. The van der Waals surface area contributed by atoms with Crippen LogP contribution in [0.3, 0.4) is 0 Å². The van der Waals surface area contributed by atoms with Gasteiger partial charge >= 0.3 is 0 Å². The zero-order chi connectivity index (χ0) is 14.7. The Balaban J connectivity index is 1.96. The van der Waals surface area contributed by atoms with E-state index in [0.29, 0.717) is 18.8 Å². The SMILES string of the molecule is O=C(c1ccccc1)C(c1ccc(Br)cc1)C1OCCO1. The van der Waals surface area contributed by atoms with E-state index < -0.39 is 12.2 Å². The molecule has 3 nitrogen and oxygen atoms in total. The topological polar surface area (TPSA) is 35.5 Å². The summed E-state index contributed by atoms with van der Waals surface area (Å²) in [5.41, 5.74) is 1.57. The third-order valence-corrected chi connectivity index (χ3v) is 4.02. The Morgan fingerprint density at radius 3 is 2.24 bits per heavy atom. The molecule has 0 N–H and O–H groups in total. The smallest absolute Gasteiger partial charge is 0.175 e. The van der Waals surface area contributed by atoms with Crippen molar-refractivity contribution in [3.63, 3.8) is 0 Å². The summed E-state index contributed by atoms with van der Waals surface area (Å²) in [6.07, 6.45) is -0.515. The molecule has 0 spiro atoms. The summed E-state index contributed by atoms with van der Waals surface area (Å²) in [6.45, 7) is 1.06. The number of Topliss-reactive ketones (excluding diaryl/α,β-unsaturated/α-hetero) is 1. The van der Waals surface area contributed by atoms with Gasteiger partial charge < -0.3 is 9.47 Å². The van der Waals surface area contributed by atoms with Gasteiger partial charge in [0.15, 0.2) is 12.1 Å². The molecule has 0 bridgehead atoms. The molecule has 3 rings (SSSR count). The first-order chi connectivity index (χ1) is 10.3. The fourth-order valence-electron chi connectivity index (χ4n) is 2.45. The average Bonchev–Trinajstić information content (AvgIpc) is 3.04. The highest BCUT2D eigenvalue weighted by atomic mass is 79.9. The molecule has 1 aliphatic rings. The predicted molar refractivity (Wildman–Crippen MR) is 83.3 cm³/mol. The highest BCUT2D eigenvalue weighted by molar-refractivity contribution is 9.10. The molecule has 1 unspecified atom stereocenters. The standard InChI is InChI=1S/C17H15BrO3/c18-14-8-6-12(7-9-14)15(17-20-10-11-21-17)16(19)13-4-2-1-3-5-13/h1-9,15,17H,10-11H2. The monoisotopic (exact) mass is 346 g/mol. The third kappa shape index (κ3) is 3.23.